The number of thiophene rings is 1. The van der Waals surface area contributed by atoms with Gasteiger partial charge in [-0.05, 0) is 54.8 Å². The van der Waals surface area contributed by atoms with Crippen LogP contribution in [0.5, 0.6) is 5.75 Å². The molecule has 2 N–H and O–H groups in total. The number of halogens is 3. The van der Waals surface area contributed by atoms with Gasteiger partial charge in [0.15, 0.2) is 0 Å². The van der Waals surface area contributed by atoms with Crippen LogP contribution in [-0.2, 0) is 28.8 Å². The van der Waals surface area contributed by atoms with Gasteiger partial charge in [-0.1, -0.05) is 37.3 Å². The van der Waals surface area contributed by atoms with E-state index in [4.69, 9.17) is 4.74 Å². The molecule has 6 nitrogen and oxygen atoms in total. The zero-order chi connectivity index (χ0) is 26.6. The van der Waals surface area contributed by atoms with E-state index in [9.17, 15) is 27.9 Å². The van der Waals surface area contributed by atoms with Crippen molar-refractivity contribution in [1.82, 2.24) is 5.32 Å². The number of rotatable bonds is 10. The van der Waals surface area contributed by atoms with Gasteiger partial charge in [-0.25, -0.2) is 0 Å². The summed E-state index contributed by atoms with van der Waals surface area (Å²) in [6, 6.07) is 14.3. The van der Waals surface area contributed by atoms with Crippen LogP contribution in [0.2, 0.25) is 0 Å². The number of benzene rings is 2. The first kappa shape index (κ1) is 26.7. The Labute approximate surface area is 216 Å². The highest BCUT2D eigenvalue weighted by atomic mass is 32.1. The van der Waals surface area contributed by atoms with Gasteiger partial charge in [0, 0.05) is 22.7 Å². The Morgan fingerprint density at radius 3 is 2.59 bits per heavy atom. The second-order valence-corrected chi connectivity index (χ2v) is 9.88. The quantitative estimate of drug-likeness (QED) is 0.348. The number of nitrogens with zero attached hydrogens (tertiary/aromatic N) is 1. The van der Waals surface area contributed by atoms with Gasteiger partial charge in [-0.3, -0.25) is 9.59 Å². The van der Waals surface area contributed by atoms with Crippen LogP contribution >= 0.6 is 11.3 Å². The van der Waals surface area contributed by atoms with Crippen LogP contribution in [0.4, 0.5) is 18.9 Å². The first-order chi connectivity index (χ1) is 17.7. The number of amides is 1. The number of hydrogen-bond acceptors (Lipinski definition) is 5. The fourth-order valence-electron chi connectivity index (χ4n) is 4.34. The minimum Gasteiger partial charge on any atom is -0.488 e. The third-order valence-corrected chi connectivity index (χ3v) is 7.19. The minimum absolute atomic E-state index is 0.0242. The Balaban J connectivity index is 1.48. The molecule has 1 unspecified atom stereocenters. The normalized spacial score (nSPS) is 13.9. The van der Waals surface area contributed by atoms with Gasteiger partial charge >= 0.3 is 12.1 Å². The zero-order valence-electron chi connectivity index (χ0n) is 20.2. The lowest BCUT2D eigenvalue weighted by atomic mass is 10.1. The lowest BCUT2D eigenvalue weighted by Gasteiger charge is -2.24. The largest absolute Gasteiger partial charge is 0.488 e. The molecule has 37 heavy (non-hydrogen) atoms. The summed E-state index contributed by atoms with van der Waals surface area (Å²) in [5.74, 6) is -0.861. The van der Waals surface area contributed by atoms with Crippen LogP contribution in [0.25, 0.3) is 11.1 Å². The van der Waals surface area contributed by atoms with Gasteiger partial charge in [-0.15, -0.1) is 11.3 Å². The molecule has 1 aliphatic heterocycles. The van der Waals surface area contributed by atoms with Crippen LogP contribution in [0.15, 0.2) is 54.6 Å². The van der Waals surface area contributed by atoms with Crippen molar-refractivity contribution in [1.29, 1.82) is 0 Å². The number of carboxylic acid groups (broad SMARTS) is 1. The average molecular weight is 533 g/mol. The average Bonchev–Trinajstić information content (AvgIpc) is 3.49. The molecule has 0 saturated heterocycles. The molecule has 0 bridgehead atoms. The van der Waals surface area contributed by atoms with Gasteiger partial charge in [0.05, 0.1) is 12.5 Å². The highest BCUT2D eigenvalue weighted by molar-refractivity contribution is 7.12. The predicted molar refractivity (Wildman–Crippen MR) is 136 cm³/mol. The second kappa shape index (κ2) is 11.4. The molecule has 0 spiro atoms. The standard InChI is InChI=1S/C27H27F3N2O4S/c1-2-11-31-22(15-24(33)34)26(35)32-12-10-18-13-19(8-9-23(18)32)36-16-20-14-21(17-6-4-3-5-7-17)25(37-20)27(28,29)30/h3-9,13-14,22,31H,2,10-12,15-16H2,1H3,(H,33,34). The summed E-state index contributed by atoms with van der Waals surface area (Å²) >= 11 is 0.667. The second-order valence-electron chi connectivity index (χ2n) is 8.74. The van der Waals surface area contributed by atoms with E-state index in [1.54, 1.807) is 53.4 Å². The molecule has 1 amide bonds. The van der Waals surface area contributed by atoms with E-state index >= 15 is 0 Å². The number of fused-ring (bicyclic) bond motifs is 1. The lowest BCUT2D eigenvalue weighted by molar-refractivity contribution is -0.139. The predicted octanol–water partition coefficient (Wildman–Crippen LogP) is 5.74. The number of carbonyl (C=O) groups is 2. The van der Waals surface area contributed by atoms with Crippen molar-refractivity contribution < 1.29 is 32.6 Å². The van der Waals surface area contributed by atoms with E-state index in [1.165, 1.54) is 6.07 Å². The molecule has 1 aliphatic rings. The van der Waals surface area contributed by atoms with E-state index in [0.717, 1.165) is 12.0 Å². The fourth-order valence-corrected chi connectivity index (χ4v) is 5.29. The summed E-state index contributed by atoms with van der Waals surface area (Å²) in [4.78, 5) is 25.7. The van der Waals surface area contributed by atoms with E-state index in [-0.39, 0.29) is 24.5 Å². The first-order valence-corrected chi connectivity index (χ1v) is 12.8. The Morgan fingerprint density at radius 1 is 1.16 bits per heavy atom. The van der Waals surface area contributed by atoms with Gasteiger partial charge in [-0.2, -0.15) is 13.2 Å². The maximum absolute atomic E-state index is 13.7. The first-order valence-electron chi connectivity index (χ1n) is 11.9. The molecule has 10 heteroatoms. The highest BCUT2D eigenvalue weighted by Crippen LogP contribution is 2.43. The van der Waals surface area contributed by atoms with E-state index in [1.807, 2.05) is 6.92 Å². The Hall–Kier alpha value is -3.37. The topological polar surface area (TPSA) is 78.9 Å². The molecule has 2 aromatic carbocycles. The van der Waals surface area contributed by atoms with Crippen molar-refractivity contribution >= 4 is 28.9 Å². The Morgan fingerprint density at radius 2 is 1.92 bits per heavy atom. The summed E-state index contributed by atoms with van der Waals surface area (Å²) in [6.07, 6.45) is -3.44. The molecule has 0 fully saturated rings. The number of anilines is 1. The van der Waals surface area contributed by atoms with Gasteiger partial charge < -0.3 is 20.1 Å². The van der Waals surface area contributed by atoms with Crippen LogP contribution in [0, 0.1) is 0 Å². The maximum atomic E-state index is 13.7. The van der Waals surface area contributed by atoms with Gasteiger partial charge in [0.25, 0.3) is 0 Å². The lowest BCUT2D eigenvalue weighted by Crippen LogP contribution is -2.47. The molecular weight excluding hydrogens is 505 g/mol. The number of hydrogen-bond donors (Lipinski definition) is 2. The third-order valence-electron chi connectivity index (χ3n) is 6.04. The van der Waals surface area contributed by atoms with Crippen molar-refractivity contribution in [2.24, 2.45) is 0 Å². The van der Waals surface area contributed by atoms with Crippen molar-refractivity contribution in [3.63, 3.8) is 0 Å². The van der Waals surface area contributed by atoms with Crippen molar-refractivity contribution in [2.45, 2.75) is 45.0 Å². The molecule has 196 valence electrons. The van der Waals surface area contributed by atoms with Crippen molar-refractivity contribution in [2.75, 3.05) is 18.0 Å². The number of alkyl halides is 3. The van der Waals surface area contributed by atoms with Gasteiger partial charge in [0.2, 0.25) is 5.91 Å². The SMILES string of the molecule is CCCNC(CC(=O)O)C(=O)N1CCc2cc(OCc3cc(-c4ccccc4)c(C(F)(F)F)s3)ccc21. The zero-order valence-corrected chi connectivity index (χ0v) is 21.0. The number of nitrogens with one attached hydrogen (secondary N) is 1. The van der Waals surface area contributed by atoms with Crippen LogP contribution in [0.3, 0.4) is 0 Å². The number of aliphatic carboxylic acids is 1. The molecule has 3 aromatic rings. The molecule has 0 aliphatic carbocycles. The summed E-state index contributed by atoms with van der Waals surface area (Å²) in [6.45, 7) is 2.86. The number of carbonyl (C=O) groups excluding carboxylic acids is 1. The molecule has 4 rings (SSSR count). The maximum Gasteiger partial charge on any atom is 0.426 e. The molecule has 2 heterocycles. The smallest absolute Gasteiger partial charge is 0.426 e. The molecule has 0 saturated carbocycles. The Bertz CT molecular complexity index is 1260. The Kier molecular flexibility index (Phi) is 8.19. The van der Waals surface area contributed by atoms with Crippen molar-refractivity contribution in [3.05, 3.63) is 69.9 Å². The third kappa shape index (κ3) is 6.31. The van der Waals surface area contributed by atoms with Crippen LogP contribution < -0.4 is 15.0 Å². The van der Waals surface area contributed by atoms with E-state index in [2.05, 4.69) is 5.32 Å². The molecule has 1 aromatic heterocycles. The summed E-state index contributed by atoms with van der Waals surface area (Å²) in [7, 11) is 0. The van der Waals surface area contributed by atoms with Crippen LogP contribution in [-0.4, -0.2) is 36.1 Å². The summed E-state index contributed by atoms with van der Waals surface area (Å²) in [5, 5.41) is 12.2. The number of ether oxygens (including phenoxy) is 1. The molecule has 0 radical (unpaired) electrons. The van der Waals surface area contributed by atoms with Crippen molar-refractivity contribution in [3.8, 4) is 16.9 Å². The monoisotopic (exact) mass is 532 g/mol. The summed E-state index contributed by atoms with van der Waals surface area (Å²) in [5.41, 5.74) is 2.18. The van der Waals surface area contributed by atoms with E-state index in [0.29, 0.717) is 52.7 Å². The molecule has 1 atom stereocenters. The minimum atomic E-state index is -4.47. The fraction of sp³-hybridized carbons (Fsp3) is 0.333. The van der Waals surface area contributed by atoms with Crippen LogP contribution in [0.1, 0.15) is 35.1 Å². The molecular formula is C27H27F3N2O4S. The van der Waals surface area contributed by atoms with E-state index < -0.39 is 23.1 Å². The number of carboxylic acids is 1. The highest BCUT2D eigenvalue weighted by Gasteiger charge is 2.36. The van der Waals surface area contributed by atoms with Gasteiger partial charge in [0.1, 0.15) is 17.2 Å². The summed E-state index contributed by atoms with van der Waals surface area (Å²) < 4.78 is 46.8.